The largest absolute Gasteiger partial charge is 0.300 e. The molecule has 0 spiro atoms. The second-order valence-electron chi connectivity index (χ2n) is 4.38. The lowest BCUT2D eigenvalue weighted by Crippen LogP contribution is -2.40. The maximum atomic E-state index is 9.13. The minimum Gasteiger partial charge on any atom is -0.300 e. The van der Waals surface area contributed by atoms with Crippen molar-refractivity contribution in [2.24, 2.45) is 0 Å². The molecular formula is C14H19ClN2S. The van der Waals surface area contributed by atoms with Gasteiger partial charge in [-0.2, -0.15) is 5.26 Å². The summed E-state index contributed by atoms with van der Waals surface area (Å²) >= 11 is 7.71. The molecule has 4 heteroatoms. The molecule has 0 saturated carbocycles. The Hall–Kier alpha value is -0.690. The first kappa shape index (κ1) is 15.4. The Kier molecular flexibility index (Phi) is 6.56. The first-order valence-corrected chi connectivity index (χ1v) is 7.50. The highest BCUT2D eigenvalue weighted by Crippen LogP contribution is 2.23. The molecule has 0 aliphatic carbocycles. The molecule has 0 fully saturated rings. The van der Waals surface area contributed by atoms with Crippen LogP contribution in [0.5, 0.6) is 0 Å². The highest BCUT2D eigenvalue weighted by molar-refractivity contribution is 7.99. The van der Waals surface area contributed by atoms with E-state index in [2.05, 4.69) is 17.5 Å². The Balaban J connectivity index is 2.32. The van der Waals surface area contributed by atoms with E-state index >= 15 is 0 Å². The van der Waals surface area contributed by atoms with Crippen molar-refractivity contribution in [3.63, 3.8) is 0 Å². The van der Waals surface area contributed by atoms with Crippen molar-refractivity contribution in [1.29, 1.82) is 5.26 Å². The molecule has 1 N–H and O–H groups in total. The number of thioether (sulfide) groups is 1. The van der Waals surface area contributed by atoms with E-state index in [0.717, 1.165) is 30.2 Å². The fourth-order valence-corrected chi connectivity index (χ4v) is 2.91. The number of hydrogen-bond donors (Lipinski definition) is 1. The maximum absolute atomic E-state index is 9.13. The third-order valence-corrected chi connectivity index (χ3v) is 4.01. The highest BCUT2D eigenvalue weighted by atomic mass is 35.5. The molecule has 0 heterocycles. The summed E-state index contributed by atoms with van der Waals surface area (Å²) in [5.74, 6) is 1.00. The normalized spacial score (nSPS) is 13.9. The van der Waals surface area contributed by atoms with Crippen LogP contribution in [0.15, 0.2) is 29.2 Å². The van der Waals surface area contributed by atoms with Crippen LogP contribution in [0.2, 0.25) is 5.02 Å². The zero-order valence-electron chi connectivity index (χ0n) is 10.9. The summed E-state index contributed by atoms with van der Waals surface area (Å²) in [4.78, 5) is 1.18. The molecule has 1 unspecified atom stereocenters. The van der Waals surface area contributed by atoms with Gasteiger partial charge in [-0.3, -0.25) is 5.32 Å². The van der Waals surface area contributed by atoms with Gasteiger partial charge in [0, 0.05) is 9.92 Å². The van der Waals surface area contributed by atoms with Crippen molar-refractivity contribution in [2.75, 3.05) is 12.3 Å². The van der Waals surface area contributed by atoms with E-state index in [4.69, 9.17) is 16.9 Å². The molecule has 0 amide bonds. The number of nitrogens with one attached hydrogen (secondary N) is 1. The minimum atomic E-state index is -0.399. The summed E-state index contributed by atoms with van der Waals surface area (Å²) in [7, 11) is 0. The molecule has 0 aromatic heterocycles. The van der Waals surface area contributed by atoms with Crippen LogP contribution in [-0.4, -0.2) is 17.8 Å². The summed E-state index contributed by atoms with van der Waals surface area (Å²) in [6, 6.07) is 10.2. The fraction of sp³-hybridized carbons (Fsp3) is 0.500. The Morgan fingerprint density at radius 1 is 1.50 bits per heavy atom. The molecule has 2 nitrogen and oxygen atoms in total. The predicted octanol–water partition coefficient (Wildman–Crippen LogP) is 4.10. The van der Waals surface area contributed by atoms with Crippen molar-refractivity contribution in [1.82, 2.24) is 5.32 Å². The fourth-order valence-electron chi connectivity index (χ4n) is 1.75. The second kappa shape index (κ2) is 7.68. The third-order valence-electron chi connectivity index (χ3n) is 2.70. The van der Waals surface area contributed by atoms with E-state index in [1.807, 2.05) is 32.0 Å². The maximum Gasteiger partial charge on any atom is 0.103 e. The zero-order chi connectivity index (χ0) is 13.4. The molecule has 1 atom stereocenters. The van der Waals surface area contributed by atoms with Gasteiger partial charge in [-0.25, -0.2) is 0 Å². The van der Waals surface area contributed by atoms with Crippen molar-refractivity contribution in [2.45, 2.75) is 37.1 Å². The molecule has 0 bridgehead atoms. The molecule has 0 aliphatic rings. The number of hydrogen-bond acceptors (Lipinski definition) is 3. The minimum absolute atomic E-state index is 0.399. The van der Waals surface area contributed by atoms with Gasteiger partial charge in [-0.1, -0.05) is 24.6 Å². The molecule has 98 valence electrons. The van der Waals surface area contributed by atoms with Crippen LogP contribution < -0.4 is 5.32 Å². The topological polar surface area (TPSA) is 35.8 Å². The van der Waals surface area contributed by atoms with Crippen LogP contribution in [0.1, 0.15) is 26.7 Å². The van der Waals surface area contributed by atoms with Gasteiger partial charge in [0.25, 0.3) is 0 Å². The lowest BCUT2D eigenvalue weighted by molar-refractivity contribution is 0.426. The lowest BCUT2D eigenvalue weighted by atomic mass is 9.98. The van der Waals surface area contributed by atoms with Gasteiger partial charge in [-0.05, 0) is 50.3 Å². The average molecular weight is 283 g/mol. The van der Waals surface area contributed by atoms with Crippen LogP contribution in [0.4, 0.5) is 0 Å². The van der Waals surface area contributed by atoms with Gasteiger partial charge < -0.3 is 0 Å². The van der Waals surface area contributed by atoms with Gasteiger partial charge >= 0.3 is 0 Å². The van der Waals surface area contributed by atoms with E-state index < -0.39 is 5.54 Å². The first-order chi connectivity index (χ1) is 8.59. The van der Waals surface area contributed by atoms with Crippen LogP contribution in [0, 0.1) is 11.3 Å². The molecule has 1 rings (SSSR count). The Morgan fingerprint density at radius 3 is 2.89 bits per heavy atom. The first-order valence-electron chi connectivity index (χ1n) is 6.14. The predicted molar refractivity (Wildman–Crippen MR) is 79.1 cm³/mol. The molecular weight excluding hydrogens is 264 g/mol. The van der Waals surface area contributed by atoms with Crippen LogP contribution in [0.3, 0.4) is 0 Å². The van der Waals surface area contributed by atoms with E-state index in [9.17, 15) is 0 Å². The molecule has 1 aromatic carbocycles. The quantitative estimate of drug-likeness (QED) is 0.604. The van der Waals surface area contributed by atoms with Crippen LogP contribution in [0.25, 0.3) is 0 Å². The van der Waals surface area contributed by atoms with E-state index in [1.54, 1.807) is 11.8 Å². The molecule has 0 aliphatic heterocycles. The summed E-state index contributed by atoms with van der Waals surface area (Å²) in [6.45, 7) is 4.81. The van der Waals surface area contributed by atoms with Gasteiger partial charge in [0.2, 0.25) is 0 Å². The zero-order valence-corrected chi connectivity index (χ0v) is 12.4. The van der Waals surface area contributed by atoms with Crippen molar-refractivity contribution in [3.05, 3.63) is 29.3 Å². The number of nitriles is 1. The van der Waals surface area contributed by atoms with E-state index in [0.29, 0.717) is 0 Å². The van der Waals surface area contributed by atoms with Gasteiger partial charge in [-0.15, -0.1) is 11.8 Å². The van der Waals surface area contributed by atoms with E-state index in [1.165, 1.54) is 4.90 Å². The molecule has 0 saturated heterocycles. The summed E-state index contributed by atoms with van der Waals surface area (Å²) < 4.78 is 0. The third kappa shape index (κ3) is 5.30. The summed E-state index contributed by atoms with van der Waals surface area (Å²) in [5.41, 5.74) is -0.399. The summed E-state index contributed by atoms with van der Waals surface area (Å²) in [6.07, 6.45) is 1.87. The number of rotatable bonds is 7. The number of halogens is 1. The van der Waals surface area contributed by atoms with Crippen LogP contribution in [-0.2, 0) is 0 Å². The lowest BCUT2D eigenvalue weighted by Gasteiger charge is -2.22. The monoisotopic (exact) mass is 282 g/mol. The highest BCUT2D eigenvalue weighted by Gasteiger charge is 2.21. The Morgan fingerprint density at radius 2 is 2.28 bits per heavy atom. The van der Waals surface area contributed by atoms with Gasteiger partial charge in [0.1, 0.15) is 5.54 Å². The SMILES string of the molecule is CCNC(C)(C#N)CCCSc1cccc(Cl)c1. The van der Waals surface area contributed by atoms with Crippen LogP contribution >= 0.6 is 23.4 Å². The average Bonchev–Trinajstić information content (AvgIpc) is 2.35. The summed E-state index contributed by atoms with van der Waals surface area (Å²) in [5, 5.41) is 13.1. The number of nitrogens with zero attached hydrogens (tertiary/aromatic N) is 1. The standard InChI is InChI=1S/C14H19ClN2S/c1-3-17-14(2,11-16)8-5-9-18-13-7-4-6-12(15)10-13/h4,6-7,10,17H,3,5,8-9H2,1-2H3. The second-order valence-corrected chi connectivity index (χ2v) is 5.99. The molecule has 0 radical (unpaired) electrons. The van der Waals surface area contributed by atoms with E-state index in [-0.39, 0.29) is 0 Å². The molecule has 1 aromatic rings. The Bertz CT molecular complexity index is 417. The van der Waals surface area contributed by atoms with Crippen molar-refractivity contribution < 1.29 is 0 Å². The van der Waals surface area contributed by atoms with Crippen molar-refractivity contribution >= 4 is 23.4 Å². The van der Waals surface area contributed by atoms with Gasteiger partial charge in [0.15, 0.2) is 0 Å². The Labute approximate surface area is 119 Å². The molecule has 18 heavy (non-hydrogen) atoms. The smallest absolute Gasteiger partial charge is 0.103 e. The van der Waals surface area contributed by atoms with Crippen molar-refractivity contribution in [3.8, 4) is 6.07 Å². The number of benzene rings is 1. The van der Waals surface area contributed by atoms with Gasteiger partial charge in [0.05, 0.1) is 6.07 Å².